The average Bonchev–Trinajstić information content (AvgIpc) is 2.82. The van der Waals surface area contributed by atoms with E-state index in [1.54, 1.807) is 24.3 Å². The van der Waals surface area contributed by atoms with Crippen LogP contribution in [0.1, 0.15) is 43.0 Å². The summed E-state index contributed by atoms with van der Waals surface area (Å²) >= 11 is 0. The van der Waals surface area contributed by atoms with Crippen LogP contribution in [0, 0.1) is 0 Å². The lowest BCUT2D eigenvalue weighted by atomic mass is 10.1. The number of nitrogens with one attached hydrogen (secondary N) is 3. The highest BCUT2D eigenvalue weighted by Crippen LogP contribution is 2.26. The maximum Gasteiger partial charge on any atom is 0.303 e. The van der Waals surface area contributed by atoms with Crippen molar-refractivity contribution in [2.45, 2.75) is 44.7 Å². The Bertz CT molecular complexity index is 1210. The van der Waals surface area contributed by atoms with Crippen molar-refractivity contribution in [3.05, 3.63) is 36.0 Å². The second-order valence-electron chi connectivity index (χ2n) is 8.12. The number of carbonyl (C=O) groups is 5. The zero-order valence-electron chi connectivity index (χ0n) is 20.2. The van der Waals surface area contributed by atoms with Gasteiger partial charge in [-0.05, 0) is 25.3 Å². The standard InChI is InChI=1S/C23H30N8O6/c1-12(32)29-17(8-9-18(33)34)22(37)31-19-13-5-2-3-6-15(13)28-11-14(19)21(36)30-16(20(24)35)7-4-10-27-23(25)26/h2-3,5-6,11,16-17H,4,7-10H2,1H3,(H2,24,35)(H,29,32)(H,30,36)(H,33,34)(H4,25,26,27)(H,28,31,37)/t16-,17-/m1/s1. The molecule has 37 heavy (non-hydrogen) atoms. The zero-order valence-corrected chi connectivity index (χ0v) is 20.2. The second-order valence-corrected chi connectivity index (χ2v) is 8.12. The van der Waals surface area contributed by atoms with Crippen molar-refractivity contribution in [3.8, 4) is 0 Å². The summed E-state index contributed by atoms with van der Waals surface area (Å²) in [4.78, 5) is 68.9. The third-order valence-electron chi connectivity index (χ3n) is 5.20. The van der Waals surface area contributed by atoms with Crippen LogP contribution in [0.3, 0.4) is 0 Å². The smallest absolute Gasteiger partial charge is 0.303 e. The van der Waals surface area contributed by atoms with Crippen molar-refractivity contribution < 1.29 is 29.1 Å². The number of hydrogen-bond acceptors (Lipinski definition) is 7. The van der Waals surface area contributed by atoms with Gasteiger partial charge in [0.15, 0.2) is 5.96 Å². The Morgan fingerprint density at radius 1 is 1.03 bits per heavy atom. The third kappa shape index (κ3) is 8.76. The van der Waals surface area contributed by atoms with E-state index < -0.39 is 41.7 Å². The van der Waals surface area contributed by atoms with E-state index in [9.17, 15) is 24.0 Å². The van der Waals surface area contributed by atoms with Gasteiger partial charge < -0.3 is 38.3 Å². The maximum atomic E-state index is 13.2. The number of benzene rings is 1. The number of carbonyl (C=O) groups excluding carboxylic acids is 4. The number of carboxylic acids is 1. The van der Waals surface area contributed by atoms with Crippen LogP contribution in [0.4, 0.5) is 5.69 Å². The van der Waals surface area contributed by atoms with Gasteiger partial charge in [-0.1, -0.05) is 18.2 Å². The van der Waals surface area contributed by atoms with Crippen LogP contribution in [0.25, 0.3) is 10.9 Å². The quantitative estimate of drug-likeness (QED) is 0.100. The van der Waals surface area contributed by atoms with Gasteiger partial charge in [0.05, 0.1) is 16.8 Å². The molecule has 2 aromatic rings. The van der Waals surface area contributed by atoms with Crippen molar-refractivity contribution in [1.29, 1.82) is 0 Å². The monoisotopic (exact) mass is 514 g/mol. The number of pyridine rings is 1. The van der Waals surface area contributed by atoms with Gasteiger partial charge in [-0.2, -0.15) is 0 Å². The number of anilines is 1. The number of aliphatic carboxylic acids is 1. The topological polar surface area (TPSA) is 245 Å². The fourth-order valence-corrected chi connectivity index (χ4v) is 3.47. The molecule has 0 bridgehead atoms. The van der Waals surface area contributed by atoms with E-state index in [2.05, 4.69) is 25.9 Å². The van der Waals surface area contributed by atoms with Crippen LogP contribution in [0.5, 0.6) is 0 Å². The van der Waals surface area contributed by atoms with Gasteiger partial charge >= 0.3 is 5.97 Å². The number of fused-ring (bicyclic) bond motifs is 1. The van der Waals surface area contributed by atoms with E-state index in [1.807, 2.05) is 0 Å². The Labute approximate surface area is 212 Å². The Morgan fingerprint density at radius 3 is 2.35 bits per heavy atom. The van der Waals surface area contributed by atoms with Gasteiger partial charge in [-0.3, -0.25) is 33.9 Å². The molecule has 0 saturated heterocycles. The number of amides is 4. The number of nitrogens with zero attached hydrogens (tertiary/aromatic N) is 2. The molecule has 14 heteroatoms. The molecule has 0 aliphatic rings. The molecule has 0 unspecified atom stereocenters. The highest BCUT2D eigenvalue weighted by molar-refractivity contribution is 6.13. The predicted octanol–water partition coefficient (Wildman–Crippen LogP) is -0.820. The van der Waals surface area contributed by atoms with Crippen LogP contribution in [-0.4, -0.2) is 64.3 Å². The van der Waals surface area contributed by atoms with E-state index in [4.69, 9.17) is 22.3 Å². The van der Waals surface area contributed by atoms with E-state index in [1.165, 1.54) is 13.1 Å². The normalized spacial score (nSPS) is 12.1. The van der Waals surface area contributed by atoms with E-state index in [0.717, 1.165) is 0 Å². The van der Waals surface area contributed by atoms with Crippen LogP contribution in [-0.2, 0) is 19.2 Å². The lowest BCUT2D eigenvalue weighted by molar-refractivity contribution is -0.137. The largest absolute Gasteiger partial charge is 0.481 e. The van der Waals surface area contributed by atoms with Crippen LogP contribution >= 0.6 is 0 Å². The number of primary amides is 1. The molecule has 198 valence electrons. The number of hydrogen-bond donors (Lipinski definition) is 7. The molecule has 10 N–H and O–H groups in total. The fraction of sp³-hybridized carbons (Fsp3) is 0.348. The van der Waals surface area contributed by atoms with Crippen LogP contribution in [0.15, 0.2) is 35.5 Å². The Kier molecular flexibility index (Phi) is 10.3. The molecule has 1 aromatic heterocycles. The van der Waals surface area contributed by atoms with Crippen LogP contribution < -0.4 is 33.2 Å². The highest BCUT2D eigenvalue weighted by atomic mass is 16.4. The number of para-hydroxylation sites is 1. The van der Waals surface area contributed by atoms with Crippen molar-refractivity contribution in [3.63, 3.8) is 0 Å². The van der Waals surface area contributed by atoms with Gasteiger partial charge in [0.2, 0.25) is 17.7 Å². The first-order valence-corrected chi connectivity index (χ1v) is 11.3. The number of rotatable bonds is 13. The molecule has 0 fully saturated rings. The summed E-state index contributed by atoms with van der Waals surface area (Å²) in [6.45, 7) is 1.42. The molecule has 1 heterocycles. The van der Waals surface area contributed by atoms with Gasteiger partial charge in [0.25, 0.3) is 5.91 Å². The number of nitrogens with two attached hydrogens (primary N) is 3. The molecule has 0 aliphatic heterocycles. The Hall–Kier alpha value is -4.75. The molecule has 0 aliphatic carbocycles. The molecular weight excluding hydrogens is 484 g/mol. The molecular formula is C23H30N8O6. The number of carboxylic acid groups (broad SMARTS) is 1. The first-order valence-electron chi connectivity index (χ1n) is 11.3. The number of guanidine groups is 1. The van der Waals surface area contributed by atoms with Crippen molar-refractivity contribution in [1.82, 2.24) is 15.6 Å². The molecule has 0 spiro atoms. The van der Waals surface area contributed by atoms with E-state index in [0.29, 0.717) is 17.3 Å². The summed E-state index contributed by atoms with van der Waals surface area (Å²) in [6, 6.07) is 4.45. The predicted molar refractivity (Wildman–Crippen MR) is 135 cm³/mol. The average molecular weight is 515 g/mol. The minimum atomic E-state index is -1.18. The van der Waals surface area contributed by atoms with Gasteiger partial charge in [0, 0.05) is 31.5 Å². The lowest BCUT2D eigenvalue weighted by Gasteiger charge is -2.20. The summed E-state index contributed by atoms with van der Waals surface area (Å²) < 4.78 is 0. The molecule has 0 radical (unpaired) electrons. The van der Waals surface area contributed by atoms with Gasteiger partial charge in [-0.25, -0.2) is 0 Å². The molecule has 4 amide bonds. The summed E-state index contributed by atoms with van der Waals surface area (Å²) in [5.74, 6) is -4.03. The molecule has 14 nitrogen and oxygen atoms in total. The Morgan fingerprint density at radius 2 is 1.73 bits per heavy atom. The molecule has 0 saturated carbocycles. The SMILES string of the molecule is CC(=O)N[C@H](CCC(=O)O)C(=O)Nc1c(C(=O)N[C@H](CCCN=C(N)N)C(N)=O)cnc2ccccc12. The van der Waals surface area contributed by atoms with Crippen molar-refractivity contribution >= 4 is 52.1 Å². The summed E-state index contributed by atoms with van der Waals surface area (Å²) in [6.07, 6.45) is 1.19. The summed E-state index contributed by atoms with van der Waals surface area (Å²) in [5, 5.41) is 17.0. The van der Waals surface area contributed by atoms with E-state index in [-0.39, 0.29) is 43.0 Å². The molecule has 2 atom stereocenters. The fourth-order valence-electron chi connectivity index (χ4n) is 3.47. The van der Waals surface area contributed by atoms with Gasteiger partial charge in [-0.15, -0.1) is 0 Å². The minimum absolute atomic E-state index is 0.0673. The first-order chi connectivity index (χ1) is 17.5. The maximum absolute atomic E-state index is 13.2. The lowest BCUT2D eigenvalue weighted by Crippen LogP contribution is -2.45. The minimum Gasteiger partial charge on any atom is -0.481 e. The second kappa shape index (κ2) is 13.4. The molecule has 1 aromatic carbocycles. The van der Waals surface area contributed by atoms with Crippen LogP contribution in [0.2, 0.25) is 0 Å². The molecule has 2 rings (SSSR count). The van der Waals surface area contributed by atoms with Gasteiger partial charge in [0.1, 0.15) is 12.1 Å². The summed E-state index contributed by atoms with van der Waals surface area (Å²) in [7, 11) is 0. The number of aliphatic imine (C=N–C) groups is 1. The number of aromatic nitrogens is 1. The van der Waals surface area contributed by atoms with Crippen molar-refractivity contribution in [2.24, 2.45) is 22.2 Å². The highest BCUT2D eigenvalue weighted by Gasteiger charge is 2.26. The third-order valence-corrected chi connectivity index (χ3v) is 5.20. The Balaban J connectivity index is 2.36. The van der Waals surface area contributed by atoms with E-state index >= 15 is 0 Å². The van der Waals surface area contributed by atoms with Crippen molar-refractivity contribution in [2.75, 3.05) is 11.9 Å². The first kappa shape index (κ1) is 28.5. The summed E-state index contributed by atoms with van der Waals surface area (Å²) in [5.41, 5.74) is 16.5. The zero-order chi connectivity index (χ0) is 27.5.